The summed E-state index contributed by atoms with van der Waals surface area (Å²) in [5.41, 5.74) is 1.92. The summed E-state index contributed by atoms with van der Waals surface area (Å²) < 4.78 is 1.58. The Morgan fingerprint density at radius 3 is 2.59 bits per heavy atom. The standard InChI is InChI=1S/C15H11N3O4/c19-14(20)8-10-2-1-3-11-9-17(16-15(10)11)12-4-6-13(7-5-12)18(21)22/h1-7,9H,8H2,(H,19,20). The van der Waals surface area contributed by atoms with E-state index >= 15 is 0 Å². The molecule has 0 fully saturated rings. The van der Waals surface area contributed by atoms with Gasteiger partial charge in [-0.15, -0.1) is 0 Å². The Labute approximate surface area is 124 Å². The highest BCUT2D eigenvalue weighted by atomic mass is 16.6. The zero-order chi connectivity index (χ0) is 15.7. The van der Waals surface area contributed by atoms with Gasteiger partial charge in [0.05, 0.1) is 22.5 Å². The molecule has 7 heteroatoms. The number of carboxylic acid groups (broad SMARTS) is 1. The fourth-order valence-electron chi connectivity index (χ4n) is 2.27. The second-order valence-corrected chi connectivity index (χ2v) is 4.77. The number of hydrogen-bond acceptors (Lipinski definition) is 4. The molecule has 0 aliphatic carbocycles. The molecule has 1 heterocycles. The minimum atomic E-state index is -0.919. The first-order chi connectivity index (χ1) is 10.5. The number of benzene rings is 2. The van der Waals surface area contributed by atoms with Crippen LogP contribution in [-0.4, -0.2) is 25.8 Å². The third kappa shape index (κ3) is 2.51. The monoisotopic (exact) mass is 297 g/mol. The van der Waals surface area contributed by atoms with E-state index in [1.165, 1.54) is 12.1 Å². The first-order valence-corrected chi connectivity index (χ1v) is 6.48. The van der Waals surface area contributed by atoms with Crippen LogP contribution in [0.15, 0.2) is 48.7 Å². The zero-order valence-electron chi connectivity index (χ0n) is 11.3. The molecule has 0 bridgehead atoms. The van der Waals surface area contributed by atoms with Crippen LogP contribution in [-0.2, 0) is 11.2 Å². The number of carboxylic acids is 1. The summed E-state index contributed by atoms with van der Waals surface area (Å²) in [5.74, 6) is -0.919. The molecule has 0 aliphatic heterocycles. The van der Waals surface area contributed by atoms with E-state index < -0.39 is 10.9 Å². The van der Waals surface area contributed by atoms with E-state index in [-0.39, 0.29) is 12.1 Å². The van der Waals surface area contributed by atoms with Gasteiger partial charge in [0.25, 0.3) is 5.69 Å². The first-order valence-electron chi connectivity index (χ1n) is 6.48. The number of hydrogen-bond donors (Lipinski definition) is 1. The summed E-state index contributed by atoms with van der Waals surface area (Å²) in [6.07, 6.45) is 1.66. The fraction of sp³-hybridized carbons (Fsp3) is 0.0667. The molecule has 3 rings (SSSR count). The van der Waals surface area contributed by atoms with Crippen LogP contribution < -0.4 is 0 Å². The lowest BCUT2D eigenvalue weighted by Crippen LogP contribution is -2.01. The smallest absolute Gasteiger partial charge is 0.307 e. The average Bonchev–Trinajstić information content (AvgIpc) is 2.92. The van der Waals surface area contributed by atoms with E-state index in [1.54, 1.807) is 35.1 Å². The number of aromatic nitrogens is 2. The Morgan fingerprint density at radius 1 is 1.23 bits per heavy atom. The molecule has 0 amide bonds. The normalized spacial score (nSPS) is 10.7. The molecule has 22 heavy (non-hydrogen) atoms. The van der Waals surface area contributed by atoms with Gasteiger partial charge in [-0.25, -0.2) is 4.68 Å². The molecule has 110 valence electrons. The molecular weight excluding hydrogens is 286 g/mol. The minimum absolute atomic E-state index is 0.00651. The summed E-state index contributed by atoms with van der Waals surface area (Å²) >= 11 is 0. The molecule has 0 radical (unpaired) electrons. The van der Waals surface area contributed by atoms with Gasteiger partial charge in [-0.05, 0) is 17.7 Å². The van der Waals surface area contributed by atoms with Gasteiger partial charge in [-0.3, -0.25) is 14.9 Å². The first kappa shape index (κ1) is 13.7. The van der Waals surface area contributed by atoms with Crippen molar-refractivity contribution in [2.24, 2.45) is 0 Å². The largest absolute Gasteiger partial charge is 0.481 e. The molecule has 7 nitrogen and oxygen atoms in total. The number of nitrogens with zero attached hydrogens (tertiary/aromatic N) is 3. The lowest BCUT2D eigenvalue weighted by atomic mass is 10.1. The maximum absolute atomic E-state index is 10.9. The molecular formula is C15H11N3O4. The van der Waals surface area contributed by atoms with E-state index in [0.717, 1.165) is 5.39 Å². The fourth-order valence-corrected chi connectivity index (χ4v) is 2.27. The van der Waals surface area contributed by atoms with Gasteiger partial charge in [0.2, 0.25) is 0 Å². The Morgan fingerprint density at radius 2 is 1.95 bits per heavy atom. The van der Waals surface area contributed by atoms with E-state index in [2.05, 4.69) is 5.10 Å². The summed E-state index contributed by atoms with van der Waals surface area (Å²) in [6, 6.07) is 11.4. The van der Waals surface area contributed by atoms with Gasteiger partial charge in [-0.2, -0.15) is 5.10 Å². The Bertz CT molecular complexity index is 868. The van der Waals surface area contributed by atoms with Crippen LogP contribution in [0.5, 0.6) is 0 Å². The predicted molar refractivity (Wildman–Crippen MR) is 79.1 cm³/mol. The van der Waals surface area contributed by atoms with Crippen molar-refractivity contribution in [1.82, 2.24) is 9.78 Å². The summed E-state index contributed by atoms with van der Waals surface area (Å²) in [6.45, 7) is 0. The average molecular weight is 297 g/mol. The highest BCUT2D eigenvalue weighted by Crippen LogP contribution is 2.21. The zero-order valence-corrected chi connectivity index (χ0v) is 11.3. The predicted octanol–water partition coefficient (Wildman–Crippen LogP) is 2.56. The quantitative estimate of drug-likeness (QED) is 0.589. The molecule has 0 saturated carbocycles. The Kier molecular flexibility index (Phi) is 3.30. The molecule has 0 unspecified atom stereocenters. The van der Waals surface area contributed by atoms with Crippen molar-refractivity contribution in [3.8, 4) is 5.69 Å². The maximum Gasteiger partial charge on any atom is 0.307 e. The highest BCUT2D eigenvalue weighted by molar-refractivity contribution is 5.85. The molecule has 0 aliphatic rings. The second kappa shape index (κ2) is 5.28. The van der Waals surface area contributed by atoms with Crippen molar-refractivity contribution in [3.63, 3.8) is 0 Å². The number of nitro groups is 1. The summed E-state index contributed by atoms with van der Waals surface area (Å²) in [4.78, 5) is 21.1. The van der Waals surface area contributed by atoms with E-state index in [0.29, 0.717) is 16.8 Å². The lowest BCUT2D eigenvalue weighted by Gasteiger charge is -2.00. The Balaban J connectivity index is 2.04. The molecule has 0 atom stereocenters. The van der Waals surface area contributed by atoms with Crippen molar-refractivity contribution in [1.29, 1.82) is 0 Å². The third-order valence-corrected chi connectivity index (χ3v) is 3.29. The maximum atomic E-state index is 10.9. The molecule has 1 N–H and O–H groups in total. The topological polar surface area (TPSA) is 98.3 Å². The second-order valence-electron chi connectivity index (χ2n) is 4.77. The van der Waals surface area contributed by atoms with Crippen LogP contribution in [0, 0.1) is 10.1 Å². The van der Waals surface area contributed by atoms with Crippen molar-refractivity contribution < 1.29 is 14.8 Å². The third-order valence-electron chi connectivity index (χ3n) is 3.29. The molecule has 2 aromatic carbocycles. The van der Waals surface area contributed by atoms with Crippen molar-refractivity contribution >= 4 is 22.6 Å². The van der Waals surface area contributed by atoms with Gasteiger partial charge >= 0.3 is 5.97 Å². The van der Waals surface area contributed by atoms with Crippen LogP contribution in [0.2, 0.25) is 0 Å². The van der Waals surface area contributed by atoms with Gasteiger partial charge in [0.1, 0.15) is 0 Å². The molecule has 3 aromatic rings. The molecule has 0 spiro atoms. The van der Waals surface area contributed by atoms with E-state index in [1.807, 2.05) is 6.07 Å². The van der Waals surface area contributed by atoms with E-state index in [4.69, 9.17) is 5.11 Å². The number of carbonyl (C=O) groups is 1. The van der Waals surface area contributed by atoms with Gasteiger partial charge in [0, 0.05) is 23.7 Å². The Hall–Kier alpha value is -3.22. The van der Waals surface area contributed by atoms with Crippen LogP contribution in [0.1, 0.15) is 5.56 Å². The molecule has 1 aromatic heterocycles. The van der Waals surface area contributed by atoms with Gasteiger partial charge in [-0.1, -0.05) is 18.2 Å². The number of fused-ring (bicyclic) bond motifs is 1. The van der Waals surface area contributed by atoms with Gasteiger partial charge < -0.3 is 5.11 Å². The summed E-state index contributed by atoms with van der Waals surface area (Å²) in [5, 5.41) is 24.8. The molecule has 0 saturated heterocycles. The van der Waals surface area contributed by atoms with Crippen LogP contribution in [0.4, 0.5) is 5.69 Å². The van der Waals surface area contributed by atoms with E-state index in [9.17, 15) is 14.9 Å². The number of non-ortho nitro benzene ring substituents is 1. The lowest BCUT2D eigenvalue weighted by molar-refractivity contribution is -0.384. The highest BCUT2D eigenvalue weighted by Gasteiger charge is 2.11. The number of aliphatic carboxylic acids is 1. The van der Waals surface area contributed by atoms with Crippen LogP contribution >= 0.6 is 0 Å². The summed E-state index contributed by atoms with van der Waals surface area (Å²) in [7, 11) is 0. The van der Waals surface area contributed by atoms with Crippen LogP contribution in [0.3, 0.4) is 0 Å². The van der Waals surface area contributed by atoms with Crippen molar-refractivity contribution in [2.45, 2.75) is 6.42 Å². The number of nitro benzene ring substituents is 1. The number of rotatable bonds is 4. The van der Waals surface area contributed by atoms with Crippen LogP contribution in [0.25, 0.3) is 16.6 Å². The van der Waals surface area contributed by atoms with Crippen molar-refractivity contribution in [2.75, 3.05) is 0 Å². The van der Waals surface area contributed by atoms with Crippen molar-refractivity contribution in [3.05, 3.63) is 64.3 Å². The SMILES string of the molecule is O=C(O)Cc1cccc2cn(-c3ccc([N+](=O)[O-])cc3)nc12. The van der Waals surface area contributed by atoms with Gasteiger partial charge in [0.15, 0.2) is 0 Å². The minimum Gasteiger partial charge on any atom is -0.481 e.